The first-order valence-corrected chi connectivity index (χ1v) is 7.98. The van der Waals surface area contributed by atoms with Crippen LogP contribution in [0.25, 0.3) is 11.0 Å². The smallest absolute Gasteiger partial charge is 0.256 e. The molecular formula is C18H18N4O. The fraction of sp³-hybridized carbons (Fsp3) is 0.278. The van der Waals surface area contributed by atoms with Gasteiger partial charge in [-0.25, -0.2) is 4.98 Å². The Hall–Kier alpha value is -2.69. The topological polar surface area (TPSA) is 61.9 Å². The molecule has 0 aliphatic carbocycles. The number of hydrogen-bond acceptors (Lipinski definition) is 3. The molecule has 1 fully saturated rings. The van der Waals surface area contributed by atoms with Gasteiger partial charge in [-0.2, -0.15) is 0 Å². The van der Waals surface area contributed by atoms with Crippen LogP contribution in [0.15, 0.2) is 48.8 Å². The third-order valence-corrected chi connectivity index (χ3v) is 4.40. The lowest BCUT2D eigenvalue weighted by Crippen LogP contribution is -2.39. The fourth-order valence-corrected chi connectivity index (χ4v) is 3.24. The summed E-state index contributed by atoms with van der Waals surface area (Å²) in [4.78, 5) is 26.9. The average molecular weight is 306 g/mol. The summed E-state index contributed by atoms with van der Waals surface area (Å²) >= 11 is 0. The molecule has 1 aliphatic heterocycles. The number of imidazole rings is 1. The van der Waals surface area contributed by atoms with Crippen LogP contribution >= 0.6 is 0 Å². The predicted molar refractivity (Wildman–Crippen MR) is 88.0 cm³/mol. The van der Waals surface area contributed by atoms with Crippen LogP contribution in [0, 0.1) is 0 Å². The summed E-state index contributed by atoms with van der Waals surface area (Å²) in [5.74, 6) is 0.909. The molecule has 3 aromatic rings. The van der Waals surface area contributed by atoms with Gasteiger partial charge < -0.3 is 9.88 Å². The van der Waals surface area contributed by atoms with Crippen LogP contribution in [-0.2, 0) is 0 Å². The van der Waals surface area contributed by atoms with E-state index in [0.29, 0.717) is 5.56 Å². The summed E-state index contributed by atoms with van der Waals surface area (Å²) in [6.07, 6.45) is 6.39. The number of benzene rings is 1. The minimum Gasteiger partial charge on any atom is -0.340 e. The number of nitrogens with zero attached hydrogens (tertiary/aromatic N) is 3. The zero-order chi connectivity index (χ0) is 15.6. The van der Waals surface area contributed by atoms with Crippen LogP contribution < -0.4 is 0 Å². The largest absolute Gasteiger partial charge is 0.340 e. The Balaban J connectivity index is 1.69. The maximum Gasteiger partial charge on any atom is 0.256 e. The first-order chi connectivity index (χ1) is 11.3. The molecule has 5 nitrogen and oxygen atoms in total. The van der Waals surface area contributed by atoms with Crippen molar-refractivity contribution in [2.24, 2.45) is 0 Å². The number of amides is 1. The Kier molecular flexibility index (Phi) is 3.54. The number of carbonyl (C=O) groups is 1. The Labute approximate surface area is 134 Å². The van der Waals surface area contributed by atoms with E-state index >= 15 is 0 Å². The molecule has 116 valence electrons. The number of carbonyl (C=O) groups excluding carboxylic acids is 1. The minimum absolute atomic E-state index is 0.00357. The number of pyridine rings is 1. The maximum absolute atomic E-state index is 12.8. The summed E-state index contributed by atoms with van der Waals surface area (Å²) in [6, 6.07) is 11.6. The molecule has 4 rings (SSSR count). The van der Waals surface area contributed by atoms with Gasteiger partial charge in [0.1, 0.15) is 5.82 Å². The molecule has 1 atom stereocenters. The number of nitrogens with one attached hydrogen (secondary N) is 1. The molecule has 0 radical (unpaired) electrons. The molecule has 2 aromatic heterocycles. The van der Waals surface area contributed by atoms with Gasteiger partial charge in [0.2, 0.25) is 0 Å². The van der Waals surface area contributed by atoms with Crippen LogP contribution in [0.1, 0.15) is 41.5 Å². The van der Waals surface area contributed by atoms with Crippen molar-refractivity contribution < 1.29 is 4.79 Å². The number of H-pyrrole nitrogens is 1. The van der Waals surface area contributed by atoms with E-state index in [2.05, 4.69) is 9.97 Å². The van der Waals surface area contributed by atoms with Crippen LogP contribution in [0.3, 0.4) is 0 Å². The van der Waals surface area contributed by atoms with Gasteiger partial charge in [-0.3, -0.25) is 9.78 Å². The average Bonchev–Trinajstić information content (AvgIpc) is 3.06. The van der Waals surface area contributed by atoms with E-state index in [1.807, 2.05) is 35.2 Å². The number of hydrogen-bond donors (Lipinski definition) is 1. The molecule has 1 N–H and O–H groups in total. The Bertz CT molecular complexity index is 794. The van der Waals surface area contributed by atoms with E-state index < -0.39 is 0 Å². The van der Waals surface area contributed by atoms with Crippen molar-refractivity contribution in [3.8, 4) is 0 Å². The second-order valence-corrected chi connectivity index (χ2v) is 5.89. The van der Waals surface area contributed by atoms with Crippen LogP contribution in [0.5, 0.6) is 0 Å². The van der Waals surface area contributed by atoms with Crippen LogP contribution in [-0.4, -0.2) is 32.3 Å². The highest BCUT2D eigenvalue weighted by Gasteiger charge is 2.30. The molecule has 0 unspecified atom stereocenters. The van der Waals surface area contributed by atoms with Crippen molar-refractivity contribution in [2.45, 2.75) is 25.3 Å². The number of aromatic amines is 1. The highest BCUT2D eigenvalue weighted by molar-refractivity contribution is 5.94. The van der Waals surface area contributed by atoms with Crippen LogP contribution in [0.2, 0.25) is 0 Å². The number of para-hydroxylation sites is 2. The van der Waals surface area contributed by atoms with Crippen LogP contribution in [0.4, 0.5) is 0 Å². The normalized spacial score (nSPS) is 18.3. The summed E-state index contributed by atoms with van der Waals surface area (Å²) in [7, 11) is 0. The highest BCUT2D eigenvalue weighted by Crippen LogP contribution is 2.31. The summed E-state index contributed by atoms with van der Waals surface area (Å²) in [6.45, 7) is 0.759. The fourth-order valence-electron chi connectivity index (χ4n) is 3.24. The van der Waals surface area contributed by atoms with Crippen molar-refractivity contribution >= 4 is 16.9 Å². The van der Waals surface area contributed by atoms with E-state index in [0.717, 1.165) is 42.7 Å². The molecule has 5 heteroatoms. The number of aromatic nitrogens is 3. The van der Waals surface area contributed by atoms with E-state index in [4.69, 9.17) is 4.98 Å². The van der Waals surface area contributed by atoms with Crippen molar-refractivity contribution in [2.75, 3.05) is 6.54 Å². The van der Waals surface area contributed by atoms with Gasteiger partial charge in [0.15, 0.2) is 0 Å². The van der Waals surface area contributed by atoms with Gasteiger partial charge in [-0.1, -0.05) is 12.1 Å². The lowest BCUT2D eigenvalue weighted by Gasteiger charge is -2.34. The van der Waals surface area contributed by atoms with E-state index in [-0.39, 0.29) is 11.9 Å². The third-order valence-electron chi connectivity index (χ3n) is 4.40. The van der Waals surface area contributed by atoms with E-state index in [1.54, 1.807) is 18.5 Å². The molecule has 0 bridgehead atoms. The second kappa shape index (κ2) is 5.83. The third kappa shape index (κ3) is 2.59. The lowest BCUT2D eigenvalue weighted by molar-refractivity contribution is 0.0601. The second-order valence-electron chi connectivity index (χ2n) is 5.89. The zero-order valence-corrected chi connectivity index (χ0v) is 12.8. The monoisotopic (exact) mass is 306 g/mol. The molecule has 1 aliphatic rings. The number of piperidine rings is 1. The van der Waals surface area contributed by atoms with Crippen molar-refractivity contribution in [1.29, 1.82) is 0 Å². The van der Waals surface area contributed by atoms with Crippen molar-refractivity contribution in [3.05, 3.63) is 60.2 Å². The van der Waals surface area contributed by atoms with Gasteiger partial charge in [0, 0.05) is 18.9 Å². The summed E-state index contributed by atoms with van der Waals surface area (Å²) < 4.78 is 0. The van der Waals surface area contributed by atoms with Gasteiger partial charge >= 0.3 is 0 Å². The Morgan fingerprint density at radius 3 is 2.91 bits per heavy atom. The maximum atomic E-state index is 12.8. The van der Waals surface area contributed by atoms with E-state index in [1.165, 1.54) is 0 Å². The minimum atomic E-state index is 0.00357. The molecule has 1 aromatic carbocycles. The summed E-state index contributed by atoms with van der Waals surface area (Å²) in [5.41, 5.74) is 2.60. The SMILES string of the molecule is O=C(c1cccnc1)N1CCCC[C@@H]1c1nc2ccccc2[nH]1. The lowest BCUT2D eigenvalue weighted by atomic mass is 10.0. The van der Waals surface area contributed by atoms with Crippen molar-refractivity contribution in [3.63, 3.8) is 0 Å². The molecule has 1 amide bonds. The molecule has 1 saturated heterocycles. The molecular weight excluding hydrogens is 288 g/mol. The Morgan fingerprint density at radius 2 is 2.09 bits per heavy atom. The number of fused-ring (bicyclic) bond motifs is 1. The van der Waals surface area contributed by atoms with Crippen molar-refractivity contribution in [1.82, 2.24) is 19.9 Å². The Morgan fingerprint density at radius 1 is 1.17 bits per heavy atom. The van der Waals surface area contributed by atoms with E-state index in [9.17, 15) is 4.79 Å². The molecule has 3 heterocycles. The van der Waals surface area contributed by atoms with Gasteiger partial charge in [-0.15, -0.1) is 0 Å². The molecule has 0 spiro atoms. The summed E-state index contributed by atoms with van der Waals surface area (Å²) in [5, 5.41) is 0. The first-order valence-electron chi connectivity index (χ1n) is 7.98. The molecule has 23 heavy (non-hydrogen) atoms. The van der Waals surface area contributed by atoms with Gasteiger partial charge in [0.05, 0.1) is 22.6 Å². The quantitative estimate of drug-likeness (QED) is 0.790. The standard InChI is InChI=1S/C18H18N4O/c23-18(13-6-5-10-19-12-13)22-11-4-3-9-16(22)17-20-14-7-1-2-8-15(14)21-17/h1-2,5-8,10,12,16H,3-4,9,11H2,(H,20,21)/t16-/m1/s1. The number of likely N-dealkylation sites (tertiary alicyclic amines) is 1. The zero-order valence-electron chi connectivity index (χ0n) is 12.8. The molecule has 0 saturated carbocycles. The van der Waals surface area contributed by atoms with Gasteiger partial charge in [0.25, 0.3) is 5.91 Å². The predicted octanol–water partition coefficient (Wildman–Crippen LogP) is 3.33. The van der Waals surface area contributed by atoms with Gasteiger partial charge in [-0.05, 0) is 43.5 Å². The highest BCUT2D eigenvalue weighted by atomic mass is 16.2. The first kappa shape index (κ1) is 13.9. The number of rotatable bonds is 2.